The summed E-state index contributed by atoms with van der Waals surface area (Å²) in [6.45, 7) is 0.174. The largest absolute Gasteiger partial charge is 0.493 e. The van der Waals surface area contributed by atoms with Crippen LogP contribution in [0.25, 0.3) is 6.08 Å². The zero-order valence-corrected chi connectivity index (χ0v) is 14.2. The molecule has 0 fully saturated rings. The Labute approximate surface area is 144 Å². The van der Waals surface area contributed by atoms with Crippen molar-refractivity contribution in [3.05, 3.63) is 64.1 Å². The number of methoxy groups -OCH3 is 1. The molecule has 0 saturated heterocycles. The number of halogens is 1. The van der Waals surface area contributed by atoms with E-state index in [2.05, 4.69) is 21.9 Å². The Morgan fingerprint density at radius 2 is 2.09 bits per heavy atom. The van der Waals surface area contributed by atoms with Crippen molar-refractivity contribution in [3.63, 3.8) is 0 Å². The van der Waals surface area contributed by atoms with Crippen molar-refractivity contribution in [3.8, 4) is 23.8 Å². The van der Waals surface area contributed by atoms with Gasteiger partial charge in [0.25, 0.3) is 0 Å². The SMILES string of the molecule is C#CCOc1ccc(/C=C/C(=O)c2cccc(Br)c2)cc1OC. The van der Waals surface area contributed by atoms with Gasteiger partial charge in [-0.25, -0.2) is 0 Å². The molecule has 0 aliphatic carbocycles. The molecule has 0 heterocycles. The van der Waals surface area contributed by atoms with Crippen LogP contribution in [0.4, 0.5) is 0 Å². The minimum atomic E-state index is -0.0714. The number of carbonyl (C=O) groups is 1. The highest BCUT2D eigenvalue weighted by molar-refractivity contribution is 9.10. The monoisotopic (exact) mass is 370 g/mol. The Morgan fingerprint density at radius 3 is 2.78 bits per heavy atom. The molecule has 23 heavy (non-hydrogen) atoms. The number of ketones is 1. The fraction of sp³-hybridized carbons (Fsp3) is 0.105. The third-order valence-electron chi connectivity index (χ3n) is 3.03. The molecule has 0 aromatic heterocycles. The van der Waals surface area contributed by atoms with E-state index in [1.807, 2.05) is 18.2 Å². The smallest absolute Gasteiger partial charge is 0.185 e. The minimum absolute atomic E-state index is 0.0714. The lowest BCUT2D eigenvalue weighted by Gasteiger charge is -2.09. The highest BCUT2D eigenvalue weighted by Gasteiger charge is 2.05. The molecule has 2 rings (SSSR count). The van der Waals surface area contributed by atoms with Gasteiger partial charge in [-0.1, -0.05) is 46.1 Å². The number of allylic oxidation sites excluding steroid dienone is 1. The quantitative estimate of drug-likeness (QED) is 0.430. The van der Waals surface area contributed by atoms with Crippen LogP contribution in [0.1, 0.15) is 15.9 Å². The Morgan fingerprint density at radius 1 is 1.26 bits per heavy atom. The van der Waals surface area contributed by atoms with E-state index in [4.69, 9.17) is 15.9 Å². The topological polar surface area (TPSA) is 35.5 Å². The summed E-state index contributed by atoms with van der Waals surface area (Å²) in [4.78, 5) is 12.1. The molecule has 0 unspecified atom stereocenters. The first-order chi connectivity index (χ1) is 11.1. The lowest BCUT2D eigenvalue weighted by Crippen LogP contribution is -1.97. The summed E-state index contributed by atoms with van der Waals surface area (Å²) in [5.74, 6) is 3.47. The number of carbonyl (C=O) groups excluding carboxylic acids is 1. The summed E-state index contributed by atoms with van der Waals surface area (Å²) >= 11 is 3.35. The van der Waals surface area contributed by atoms with Gasteiger partial charge in [0.1, 0.15) is 6.61 Å². The fourth-order valence-corrected chi connectivity index (χ4v) is 2.34. The molecule has 4 heteroatoms. The van der Waals surface area contributed by atoms with E-state index in [0.717, 1.165) is 10.0 Å². The van der Waals surface area contributed by atoms with Gasteiger partial charge >= 0.3 is 0 Å². The van der Waals surface area contributed by atoms with E-state index in [9.17, 15) is 4.79 Å². The summed E-state index contributed by atoms with van der Waals surface area (Å²) < 4.78 is 11.5. The van der Waals surface area contributed by atoms with Gasteiger partial charge < -0.3 is 9.47 Å². The van der Waals surface area contributed by atoms with Crippen molar-refractivity contribution in [2.45, 2.75) is 0 Å². The van der Waals surface area contributed by atoms with Crippen LogP contribution in [-0.2, 0) is 0 Å². The second kappa shape index (κ2) is 8.21. The third kappa shape index (κ3) is 4.73. The highest BCUT2D eigenvalue weighted by Crippen LogP contribution is 2.28. The van der Waals surface area contributed by atoms with Gasteiger partial charge in [-0.05, 0) is 35.9 Å². The summed E-state index contributed by atoms with van der Waals surface area (Å²) in [7, 11) is 1.55. The van der Waals surface area contributed by atoms with Crippen molar-refractivity contribution >= 4 is 27.8 Å². The third-order valence-corrected chi connectivity index (χ3v) is 3.53. The fourth-order valence-electron chi connectivity index (χ4n) is 1.94. The zero-order valence-electron chi connectivity index (χ0n) is 12.6. The van der Waals surface area contributed by atoms with Crippen LogP contribution >= 0.6 is 15.9 Å². The molecule has 2 aromatic rings. The van der Waals surface area contributed by atoms with Crippen molar-refractivity contribution in [2.24, 2.45) is 0 Å². The van der Waals surface area contributed by atoms with E-state index >= 15 is 0 Å². The molecule has 0 radical (unpaired) electrons. The van der Waals surface area contributed by atoms with Gasteiger partial charge in [-0.15, -0.1) is 6.42 Å². The molecule has 0 saturated carbocycles. The molecule has 0 spiro atoms. The van der Waals surface area contributed by atoms with E-state index in [1.165, 1.54) is 6.08 Å². The van der Waals surface area contributed by atoms with Gasteiger partial charge in [0.2, 0.25) is 0 Å². The summed E-state index contributed by atoms with van der Waals surface area (Å²) in [6, 6.07) is 12.6. The highest BCUT2D eigenvalue weighted by atomic mass is 79.9. The predicted octanol–water partition coefficient (Wildman–Crippen LogP) is 4.37. The van der Waals surface area contributed by atoms with Crippen LogP contribution in [0.15, 0.2) is 53.0 Å². The predicted molar refractivity (Wildman–Crippen MR) is 94.8 cm³/mol. The maximum atomic E-state index is 12.1. The van der Waals surface area contributed by atoms with Crippen molar-refractivity contribution in [1.29, 1.82) is 0 Å². The standard InChI is InChI=1S/C19H15BrO3/c1-3-11-23-18-10-8-14(12-19(18)22-2)7-9-17(21)15-5-4-6-16(20)13-15/h1,4-10,12-13H,11H2,2H3/b9-7+. The van der Waals surface area contributed by atoms with Crippen molar-refractivity contribution in [1.82, 2.24) is 0 Å². The van der Waals surface area contributed by atoms with Gasteiger partial charge in [-0.3, -0.25) is 4.79 Å². The molecule has 0 atom stereocenters. The Balaban J connectivity index is 2.16. The van der Waals surface area contributed by atoms with E-state index in [1.54, 1.807) is 37.5 Å². The van der Waals surface area contributed by atoms with E-state index in [0.29, 0.717) is 17.1 Å². The number of rotatable bonds is 6. The molecule has 3 nitrogen and oxygen atoms in total. The normalized spacial score (nSPS) is 10.3. The second-order valence-electron chi connectivity index (χ2n) is 4.61. The van der Waals surface area contributed by atoms with Crippen LogP contribution < -0.4 is 9.47 Å². The lowest BCUT2D eigenvalue weighted by molar-refractivity contribution is 0.104. The van der Waals surface area contributed by atoms with Gasteiger partial charge in [0.05, 0.1) is 7.11 Å². The summed E-state index contributed by atoms with van der Waals surface area (Å²) in [6.07, 6.45) is 8.44. The molecular formula is C19H15BrO3. The van der Waals surface area contributed by atoms with Gasteiger partial charge in [0.15, 0.2) is 17.3 Å². The zero-order chi connectivity index (χ0) is 16.7. The Hall–Kier alpha value is -2.51. The minimum Gasteiger partial charge on any atom is -0.493 e. The maximum absolute atomic E-state index is 12.1. The average molecular weight is 371 g/mol. The summed E-state index contributed by atoms with van der Waals surface area (Å²) in [5, 5.41) is 0. The van der Waals surface area contributed by atoms with Crippen molar-refractivity contribution in [2.75, 3.05) is 13.7 Å². The van der Waals surface area contributed by atoms with Crippen LogP contribution in [-0.4, -0.2) is 19.5 Å². The molecule has 0 amide bonds. The molecule has 0 bridgehead atoms. The second-order valence-corrected chi connectivity index (χ2v) is 5.53. The molecule has 2 aromatic carbocycles. The number of hydrogen-bond acceptors (Lipinski definition) is 3. The molecule has 116 valence electrons. The number of benzene rings is 2. The lowest BCUT2D eigenvalue weighted by atomic mass is 10.1. The maximum Gasteiger partial charge on any atom is 0.185 e. The molecular weight excluding hydrogens is 356 g/mol. The van der Waals surface area contributed by atoms with Crippen LogP contribution in [0.2, 0.25) is 0 Å². The van der Waals surface area contributed by atoms with E-state index in [-0.39, 0.29) is 12.4 Å². The van der Waals surface area contributed by atoms with Gasteiger partial charge in [0, 0.05) is 10.0 Å². The average Bonchev–Trinajstić information content (AvgIpc) is 2.58. The first-order valence-corrected chi connectivity index (χ1v) is 7.65. The molecule has 0 N–H and O–H groups in total. The number of terminal acetylenes is 1. The Kier molecular flexibility index (Phi) is 6.02. The van der Waals surface area contributed by atoms with Crippen molar-refractivity contribution < 1.29 is 14.3 Å². The first-order valence-electron chi connectivity index (χ1n) is 6.86. The van der Waals surface area contributed by atoms with Crippen LogP contribution in [0.3, 0.4) is 0 Å². The van der Waals surface area contributed by atoms with Crippen LogP contribution in [0.5, 0.6) is 11.5 Å². The summed E-state index contributed by atoms with van der Waals surface area (Å²) in [5.41, 5.74) is 1.45. The Bertz CT molecular complexity index is 772. The van der Waals surface area contributed by atoms with Crippen LogP contribution in [0, 0.1) is 12.3 Å². The number of hydrogen-bond donors (Lipinski definition) is 0. The molecule has 0 aliphatic heterocycles. The molecule has 0 aliphatic rings. The van der Waals surface area contributed by atoms with Gasteiger partial charge in [-0.2, -0.15) is 0 Å². The van der Waals surface area contributed by atoms with E-state index < -0.39 is 0 Å². The number of ether oxygens (including phenoxy) is 2. The first kappa shape index (κ1) is 16.9.